The fourth-order valence-electron chi connectivity index (χ4n) is 4.93. The Labute approximate surface area is 185 Å². The average molecular weight is 422 g/mol. The maximum atomic E-state index is 12.8. The van der Waals surface area contributed by atoms with Gasteiger partial charge in [0, 0.05) is 13.1 Å². The highest BCUT2D eigenvalue weighted by molar-refractivity contribution is 7.80. The number of nitrogens with zero attached hydrogens (tertiary/aromatic N) is 1. The molecule has 2 fully saturated rings. The van der Waals surface area contributed by atoms with Crippen molar-refractivity contribution in [2.75, 3.05) is 19.6 Å². The summed E-state index contributed by atoms with van der Waals surface area (Å²) >= 11 is 5.55. The second-order valence-electron chi connectivity index (χ2n) is 8.51. The number of thiocarbonyl (C=S) groups is 1. The van der Waals surface area contributed by atoms with Crippen molar-refractivity contribution in [3.05, 3.63) is 71.8 Å². The van der Waals surface area contributed by atoms with E-state index >= 15 is 0 Å². The number of amides is 1. The van der Waals surface area contributed by atoms with Gasteiger partial charge in [-0.15, -0.1) is 0 Å². The van der Waals surface area contributed by atoms with Gasteiger partial charge in [0.2, 0.25) is 5.91 Å². The summed E-state index contributed by atoms with van der Waals surface area (Å²) in [4.78, 5) is 14.8. The van der Waals surface area contributed by atoms with Crippen LogP contribution in [0.4, 0.5) is 0 Å². The van der Waals surface area contributed by atoms with Crippen LogP contribution in [0.15, 0.2) is 60.7 Å². The Morgan fingerprint density at radius 2 is 1.53 bits per heavy atom. The highest BCUT2D eigenvalue weighted by Crippen LogP contribution is 2.36. The largest absolute Gasteiger partial charge is 0.354 e. The number of fused-ring (bicyclic) bond motifs is 1. The molecule has 1 saturated heterocycles. The molecule has 30 heavy (non-hydrogen) atoms. The van der Waals surface area contributed by atoms with E-state index in [9.17, 15) is 4.79 Å². The summed E-state index contributed by atoms with van der Waals surface area (Å²) in [5.41, 5.74) is 2.28. The molecule has 4 rings (SSSR count). The molecule has 0 spiro atoms. The normalized spacial score (nSPS) is 21.0. The standard InChI is InChI=1S/C25H31N3OS/c29-23(28-16-15-19-9-7-8-14-22(19)18-28)17-26-25(30)27-24(20-10-3-1-4-11-20)21-12-5-2-6-13-21/h1-6,10-13,19,22,24H,7-9,14-18H2,(H2,26,27,30). The summed E-state index contributed by atoms with van der Waals surface area (Å²) in [6, 6.07) is 20.4. The third kappa shape index (κ3) is 5.20. The Hall–Kier alpha value is -2.40. The molecule has 2 aromatic carbocycles. The number of likely N-dealkylation sites (tertiary alicyclic amines) is 1. The Balaban J connectivity index is 1.33. The smallest absolute Gasteiger partial charge is 0.241 e. The molecular formula is C25H31N3OS. The monoisotopic (exact) mass is 421 g/mol. The first-order valence-corrected chi connectivity index (χ1v) is 11.5. The second-order valence-corrected chi connectivity index (χ2v) is 8.92. The van der Waals surface area contributed by atoms with E-state index in [1.165, 1.54) is 25.7 Å². The van der Waals surface area contributed by atoms with Gasteiger partial charge < -0.3 is 15.5 Å². The van der Waals surface area contributed by atoms with Crippen LogP contribution in [0, 0.1) is 11.8 Å². The number of rotatable bonds is 5. The van der Waals surface area contributed by atoms with Crippen LogP contribution in [0.25, 0.3) is 0 Å². The zero-order valence-electron chi connectivity index (χ0n) is 17.4. The molecule has 2 N–H and O–H groups in total. The lowest BCUT2D eigenvalue weighted by atomic mass is 9.75. The topological polar surface area (TPSA) is 44.4 Å². The highest BCUT2D eigenvalue weighted by atomic mass is 32.1. The van der Waals surface area contributed by atoms with Crippen LogP contribution in [0.3, 0.4) is 0 Å². The summed E-state index contributed by atoms with van der Waals surface area (Å²) in [6.07, 6.45) is 6.45. The van der Waals surface area contributed by atoms with E-state index in [-0.39, 0.29) is 18.5 Å². The summed E-state index contributed by atoms with van der Waals surface area (Å²) < 4.78 is 0. The van der Waals surface area contributed by atoms with Crippen molar-refractivity contribution in [3.8, 4) is 0 Å². The first kappa shape index (κ1) is 20.9. The molecule has 4 nitrogen and oxygen atoms in total. The van der Waals surface area contributed by atoms with Gasteiger partial charge in [-0.3, -0.25) is 4.79 Å². The van der Waals surface area contributed by atoms with Crippen LogP contribution in [0.1, 0.15) is 49.3 Å². The van der Waals surface area contributed by atoms with E-state index in [1.54, 1.807) is 0 Å². The quantitative estimate of drug-likeness (QED) is 0.708. The minimum absolute atomic E-state index is 0.0551. The predicted molar refractivity (Wildman–Crippen MR) is 125 cm³/mol. The van der Waals surface area contributed by atoms with Gasteiger partial charge in [0.25, 0.3) is 0 Å². The van der Waals surface area contributed by atoms with Gasteiger partial charge in [-0.25, -0.2) is 0 Å². The van der Waals surface area contributed by atoms with Crippen LogP contribution in [0.2, 0.25) is 0 Å². The lowest BCUT2D eigenvalue weighted by Gasteiger charge is -2.41. The molecule has 1 amide bonds. The van der Waals surface area contributed by atoms with Gasteiger partial charge in [-0.1, -0.05) is 79.9 Å². The van der Waals surface area contributed by atoms with Crippen LogP contribution < -0.4 is 10.6 Å². The lowest BCUT2D eigenvalue weighted by molar-refractivity contribution is -0.133. The van der Waals surface area contributed by atoms with Crippen molar-refractivity contribution in [3.63, 3.8) is 0 Å². The molecule has 0 aromatic heterocycles. The van der Waals surface area contributed by atoms with Crippen molar-refractivity contribution in [1.82, 2.24) is 15.5 Å². The second kappa shape index (κ2) is 10.1. The van der Waals surface area contributed by atoms with Crippen LogP contribution >= 0.6 is 12.2 Å². The van der Waals surface area contributed by atoms with Crippen molar-refractivity contribution in [2.24, 2.45) is 11.8 Å². The minimum atomic E-state index is -0.0551. The van der Waals surface area contributed by atoms with Crippen molar-refractivity contribution < 1.29 is 4.79 Å². The lowest BCUT2D eigenvalue weighted by Crippen LogP contribution is -2.49. The third-order valence-electron chi connectivity index (χ3n) is 6.59. The first-order valence-electron chi connectivity index (χ1n) is 11.1. The van der Waals surface area contributed by atoms with E-state index in [1.807, 2.05) is 41.3 Å². The molecule has 1 aliphatic carbocycles. The Kier molecular flexibility index (Phi) is 7.00. The maximum absolute atomic E-state index is 12.8. The molecule has 2 atom stereocenters. The molecule has 2 aromatic rings. The van der Waals surface area contributed by atoms with Gasteiger partial charge in [0.15, 0.2) is 5.11 Å². The van der Waals surface area contributed by atoms with Crippen LogP contribution in [-0.4, -0.2) is 35.6 Å². The molecule has 0 bridgehead atoms. The minimum Gasteiger partial charge on any atom is -0.354 e. The van der Waals surface area contributed by atoms with Gasteiger partial charge >= 0.3 is 0 Å². The van der Waals surface area contributed by atoms with Crippen molar-refractivity contribution >= 4 is 23.2 Å². The van der Waals surface area contributed by atoms with E-state index in [0.29, 0.717) is 11.0 Å². The summed E-state index contributed by atoms with van der Waals surface area (Å²) in [5.74, 6) is 1.68. The van der Waals surface area contributed by atoms with Gasteiger partial charge in [-0.2, -0.15) is 0 Å². The van der Waals surface area contributed by atoms with E-state index in [0.717, 1.165) is 36.6 Å². The number of carbonyl (C=O) groups is 1. The van der Waals surface area contributed by atoms with Crippen LogP contribution in [-0.2, 0) is 4.79 Å². The fraction of sp³-hybridized carbons (Fsp3) is 0.440. The van der Waals surface area contributed by atoms with Crippen molar-refractivity contribution in [2.45, 2.75) is 38.1 Å². The number of nitrogens with one attached hydrogen (secondary N) is 2. The predicted octanol–water partition coefficient (Wildman–Crippen LogP) is 4.28. The number of hydrogen-bond acceptors (Lipinski definition) is 2. The summed E-state index contributed by atoms with van der Waals surface area (Å²) in [5, 5.41) is 7.06. The number of carbonyl (C=O) groups excluding carboxylic acids is 1. The number of benzene rings is 2. The SMILES string of the molecule is O=C(CNC(=S)NC(c1ccccc1)c1ccccc1)N1CCC2CCCCC2C1. The zero-order chi connectivity index (χ0) is 20.8. The zero-order valence-corrected chi connectivity index (χ0v) is 18.2. The first-order chi connectivity index (χ1) is 14.7. The average Bonchev–Trinajstić information content (AvgIpc) is 2.81. The van der Waals surface area contributed by atoms with Crippen LogP contribution in [0.5, 0.6) is 0 Å². The van der Waals surface area contributed by atoms with Gasteiger partial charge in [0.1, 0.15) is 0 Å². The molecule has 2 aliphatic rings. The molecule has 1 saturated carbocycles. The number of piperidine rings is 1. The molecular weight excluding hydrogens is 390 g/mol. The molecule has 1 heterocycles. The Morgan fingerprint density at radius 1 is 0.933 bits per heavy atom. The Morgan fingerprint density at radius 3 is 2.17 bits per heavy atom. The number of hydrogen-bond donors (Lipinski definition) is 2. The summed E-state index contributed by atoms with van der Waals surface area (Å²) in [6.45, 7) is 2.06. The summed E-state index contributed by atoms with van der Waals surface area (Å²) in [7, 11) is 0. The fourth-order valence-corrected chi connectivity index (χ4v) is 5.12. The van der Waals surface area contributed by atoms with E-state index in [4.69, 9.17) is 12.2 Å². The van der Waals surface area contributed by atoms with Gasteiger partial charge in [0.05, 0.1) is 12.6 Å². The van der Waals surface area contributed by atoms with Crippen molar-refractivity contribution in [1.29, 1.82) is 0 Å². The van der Waals surface area contributed by atoms with E-state index in [2.05, 4.69) is 34.9 Å². The third-order valence-corrected chi connectivity index (χ3v) is 6.85. The highest BCUT2D eigenvalue weighted by Gasteiger charge is 2.32. The molecule has 0 radical (unpaired) electrons. The molecule has 158 valence electrons. The van der Waals surface area contributed by atoms with E-state index < -0.39 is 0 Å². The molecule has 1 aliphatic heterocycles. The molecule has 5 heteroatoms. The maximum Gasteiger partial charge on any atom is 0.241 e. The van der Waals surface area contributed by atoms with Gasteiger partial charge in [-0.05, 0) is 48.0 Å². The molecule has 2 unspecified atom stereocenters. The Bertz CT molecular complexity index is 802.